The van der Waals surface area contributed by atoms with E-state index in [9.17, 15) is 31.1 Å². The van der Waals surface area contributed by atoms with Gasteiger partial charge < -0.3 is 10.1 Å². The maximum absolute atomic E-state index is 13.6. The molecule has 1 aromatic carbocycles. The van der Waals surface area contributed by atoms with Crippen LogP contribution in [0.1, 0.15) is 38.8 Å². The van der Waals surface area contributed by atoms with Gasteiger partial charge in [0.05, 0.1) is 35.5 Å². The number of carbonyl (C=O) groups excluding carboxylic acids is 1. The summed E-state index contributed by atoms with van der Waals surface area (Å²) in [7, 11) is 1.30. The molecule has 1 atom stereocenters. The maximum atomic E-state index is 13.6. The van der Waals surface area contributed by atoms with Crippen LogP contribution in [0.4, 0.5) is 26.3 Å². The fraction of sp³-hybridized carbons (Fsp3) is 0.200. The topological polar surface area (TPSA) is 77.0 Å². The molecule has 1 N–H and O–H groups in total. The van der Waals surface area contributed by atoms with E-state index in [0.717, 1.165) is 42.9 Å². The third-order valence-corrected chi connectivity index (χ3v) is 4.34. The zero-order valence-electron chi connectivity index (χ0n) is 16.2. The second-order valence-corrected chi connectivity index (χ2v) is 6.42. The van der Waals surface area contributed by atoms with Crippen LogP contribution in [-0.2, 0) is 12.4 Å². The number of rotatable bonds is 5. The van der Waals surface area contributed by atoms with E-state index in [-0.39, 0.29) is 17.1 Å². The molecule has 2 heterocycles. The van der Waals surface area contributed by atoms with Crippen LogP contribution in [-0.4, -0.2) is 28.0 Å². The number of aromatic nitrogens is 3. The van der Waals surface area contributed by atoms with Crippen molar-refractivity contribution < 1.29 is 35.9 Å². The molecular formula is C20H14F6N4O2. The lowest BCUT2D eigenvalue weighted by Crippen LogP contribution is -2.32. The third-order valence-electron chi connectivity index (χ3n) is 4.34. The van der Waals surface area contributed by atoms with E-state index in [1.54, 1.807) is 0 Å². The van der Waals surface area contributed by atoms with Gasteiger partial charge in [0, 0.05) is 18.6 Å². The molecular weight excluding hydrogens is 442 g/mol. The summed E-state index contributed by atoms with van der Waals surface area (Å²) in [5.74, 6) is -0.865. The Bertz CT molecular complexity index is 1080. The van der Waals surface area contributed by atoms with Gasteiger partial charge in [0.25, 0.3) is 5.91 Å². The lowest BCUT2D eigenvalue weighted by Gasteiger charge is -2.22. The number of benzene rings is 1. The van der Waals surface area contributed by atoms with Gasteiger partial charge in [-0.05, 0) is 29.8 Å². The van der Waals surface area contributed by atoms with Gasteiger partial charge in [-0.25, -0.2) is 9.97 Å². The molecule has 3 aromatic rings. The summed E-state index contributed by atoms with van der Waals surface area (Å²) in [5.41, 5.74) is -2.86. The fourth-order valence-corrected chi connectivity index (χ4v) is 2.81. The second-order valence-electron chi connectivity index (χ2n) is 6.42. The highest BCUT2D eigenvalue weighted by atomic mass is 19.4. The molecule has 0 unspecified atom stereocenters. The Morgan fingerprint density at radius 3 is 2.09 bits per heavy atom. The number of alkyl halides is 6. The van der Waals surface area contributed by atoms with Crippen molar-refractivity contribution in [3.63, 3.8) is 0 Å². The van der Waals surface area contributed by atoms with Crippen molar-refractivity contribution in [3.8, 4) is 6.01 Å². The number of ether oxygens (including phenoxy) is 1. The quantitative estimate of drug-likeness (QED) is 0.575. The summed E-state index contributed by atoms with van der Waals surface area (Å²) in [6.45, 7) is 0. The highest BCUT2D eigenvalue weighted by Crippen LogP contribution is 2.36. The highest BCUT2D eigenvalue weighted by Gasteiger charge is 2.37. The van der Waals surface area contributed by atoms with E-state index >= 15 is 0 Å². The molecule has 168 valence electrons. The Morgan fingerprint density at radius 2 is 1.56 bits per heavy atom. The summed E-state index contributed by atoms with van der Waals surface area (Å²) in [4.78, 5) is 23.9. The highest BCUT2D eigenvalue weighted by molar-refractivity contribution is 5.94. The van der Waals surface area contributed by atoms with Crippen molar-refractivity contribution in [1.29, 1.82) is 0 Å². The summed E-state index contributed by atoms with van der Waals surface area (Å²) < 4.78 is 84.1. The Labute approximate surface area is 177 Å². The Morgan fingerprint density at radius 1 is 0.938 bits per heavy atom. The molecule has 0 radical (unpaired) electrons. The van der Waals surface area contributed by atoms with Gasteiger partial charge in [-0.15, -0.1) is 0 Å². The van der Waals surface area contributed by atoms with E-state index in [2.05, 4.69) is 20.3 Å². The molecule has 12 heteroatoms. The largest absolute Gasteiger partial charge is 0.467 e. The van der Waals surface area contributed by atoms with Gasteiger partial charge in [-0.1, -0.05) is 12.1 Å². The normalized spacial score (nSPS) is 12.8. The first kappa shape index (κ1) is 23.0. The monoisotopic (exact) mass is 456 g/mol. The molecule has 0 fully saturated rings. The SMILES string of the molecule is COc1ncc(C(=O)N[C@@H](c2ccc(C(F)(F)F)cc2)c2ncccc2C(F)(F)F)cn1. The summed E-state index contributed by atoms with van der Waals surface area (Å²) in [6, 6.07) is 3.66. The lowest BCUT2D eigenvalue weighted by atomic mass is 9.97. The maximum Gasteiger partial charge on any atom is 0.418 e. The average molecular weight is 456 g/mol. The molecule has 0 aliphatic rings. The van der Waals surface area contributed by atoms with Crippen molar-refractivity contribution >= 4 is 5.91 Å². The van der Waals surface area contributed by atoms with Gasteiger partial charge in [0.15, 0.2) is 0 Å². The van der Waals surface area contributed by atoms with Crippen LogP contribution in [0, 0.1) is 0 Å². The lowest BCUT2D eigenvalue weighted by molar-refractivity contribution is -0.139. The summed E-state index contributed by atoms with van der Waals surface area (Å²) in [5, 5.41) is 2.37. The molecule has 0 aliphatic carbocycles. The van der Waals surface area contributed by atoms with Crippen molar-refractivity contribution in [2.24, 2.45) is 0 Å². The average Bonchev–Trinajstić information content (AvgIpc) is 2.76. The smallest absolute Gasteiger partial charge is 0.418 e. The van der Waals surface area contributed by atoms with Crippen molar-refractivity contribution in [2.75, 3.05) is 7.11 Å². The standard InChI is InChI=1S/C20H14F6N4O2/c1-32-18-28-9-12(10-29-18)17(31)30-15(11-4-6-13(7-5-11)19(21,22)23)16-14(20(24,25)26)3-2-8-27-16/h2-10,15H,1H3,(H,30,31)/t15-/m0/s1. The molecule has 0 spiro atoms. The number of hydrogen-bond donors (Lipinski definition) is 1. The first-order valence-electron chi connectivity index (χ1n) is 8.87. The molecule has 0 bridgehead atoms. The van der Waals surface area contributed by atoms with E-state index in [1.165, 1.54) is 7.11 Å². The summed E-state index contributed by atoms with van der Waals surface area (Å²) >= 11 is 0. The number of carbonyl (C=O) groups is 1. The molecule has 0 aliphatic heterocycles. The van der Waals surface area contributed by atoms with Crippen LogP contribution < -0.4 is 10.1 Å². The zero-order valence-corrected chi connectivity index (χ0v) is 16.2. The Kier molecular flexibility index (Phi) is 6.32. The molecule has 2 aromatic heterocycles. The van der Waals surface area contributed by atoms with Crippen LogP contribution in [0.15, 0.2) is 55.0 Å². The Hall–Kier alpha value is -3.70. The number of methoxy groups -OCH3 is 1. The minimum Gasteiger partial charge on any atom is -0.467 e. The third kappa shape index (κ3) is 5.13. The van der Waals surface area contributed by atoms with Crippen molar-refractivity contribution in [1.82, 2.24) is 20.3 Å². The van der Waals surface area contributed by atoms with Gasteiger partial charge >= 0.3 is 18.4 Å². The van der Waals surface area contributed by atoms with Gasteiger partial charge in [0.1, 0.15) is 0 Å². The fourth-order valence-electron chi connectivity index (χ4n) is 2.81. The van der Waals surface area contributed by atoms with Crippen molar-refractivity contribution in [2.45, 2.75) is 18.4 Å². The molecule has 6 nitrogen and oxygen atoms in total. The van der Waals surface area contributed by atoms with E-state index in [0.29, 0.717) is 12.1 Å². The predicted molar refractivity (Wildman–Crippen MR) is 98.6 cm³/mol. The minimum atomic E-state index is -4.82. The van der Waals surface area contributed by atoms with E-state index in [1.807, 2.05) is 0 Å². The van der Waals surface area contributed by atoms with Gasteiger partial charge in [0.2, 0.25) is 0 Å². The number of hydrogen-bond acceptors (Lipinski definition) is 5. The van der Waals surface area contributed by atoms with Crippen molar-refractivity contribution in [3.05, 3.63) is 82.9 Å². The number of amides is 1. The zero-order chi connectivity index (χ0) is 23.5. The molecule has 0 saturated heterocycles. The first-order chi connectivity index (χ1) is 15.0. The minimum absolute atomic E-state index is 0.0371. The molecule has 0 saturated carbocycles. The van der Waals surface area contributed by atoms with E-state index < -0.39 is 41.1 Å². The molecule has 3 rings (SSSR count). The number of pyridine rings is 1. The Balaban J connectivity index is 2.05. The van der Waals surface area contributed by atoms with Crippen LogP contribution in [0.5, 0.6) is 6.01 Å². The first-order valence-corrected chi connectivity index (χ1v) is 8.87. The second kappa shape index (κ2) is 8.81. The van der Waals surface area contributed by atoms with Gasteiger partial charge in [-0.3, -0.25) is 9.78 Å². The van der Waals surface area contributed by atoms with Crippen LogP contribution in [0.2, 0.25) is 0 Å². The molecule has 1 amide bonds. The van der Waals surface area contributed by atoms with E-state index in [4.69, 9.17) is 4.74 Å². The van der Waals surface area contributed by atoms with Crippen LogP contribution in [0.25, 0.3) is 0 Å². The number of nitrogens with zero attached hydrogens (tertiary/aromatic N) is 3. The predicted octanol–water partition coefficient (Wildman–Crippen LogP) is 4.44. The van der Waals surface area contributed by atoms with Crippen LogP contribution in [0.3, 0.4) is 0 Å². The van der Waals surface area contributed by atoms with Gasteiger partial charge in [-0.2, -0.15) is 26.3 Å². The number of nitrogens with one attached hydrogen (secondary N) is 1. The van der Waals surface area contributed by atoms with Crippen LogP contribution >= 0.6 is 0 Å². The summed E-state index contributed by atoms with van der Waals surface area (Å²) in [6.07, 6.45) is -6.19. The number of halogens is 6. The molecule has 32 heavy (non-hydrogen) atoms.